The van der Waals surface area contributed by atoms with E-state index in [0.717, 1.165) is 52.0 Å². The number of benzene rings is 3. The average Bonchev–Trinajstić information content (AvgIpc) is 3.51. The topological polar surface area (TPSA) is 73.9 Å². The van der Waals surface area contributed by atoms with Crippen LogP contribution in [-0.2, 0) is 0 Å². The van der Waals surface area contributed by atoms with Crippen molar-refractivity contribution in [3.63, 3.8) is 0 Å². The fraction of sp³-hybridized carbons (Fsp3) is 0.267. The van der Waals surface area contributed by atoms with E-state index in [1.807, 2.05) is 73.7 Å². The van der Waals surface area contributed by atoms with Crippen molar-refractivity contribution < 1.29 is 14.3 Å². The summed E-state index contributed by atoms with van der Waals surface area (Å²) in [6, 6.07) is 21.3. The molecular weight excluding hydrogens is 496 g/mol. The molecule has 7 nitrogen and oxygen atoms in total. The molecule has 0 unspecified atom stereocenters. The van der Waals surface area contributed by atoms with Crippen LogP contribution in [0.1, 0.15) is 34.5 Å². The molecule has 1 saturated carbocycles. The van der Waals surface area contributed by atoms with Crippen molar-refractivity contribution in [1.82, 2.24) is 10.2 Å². The predicted octanol–water partition coefficient (Wildman–Crippen LogP) is 6.90. The van der Waals surface area contributed by atoms with Gasteiger partial charge in [0, 0.05) is 22.2 Å². The van der Waals surface area contributed by atoms with Crippen LogP contribution < -0.4 is 20.3 Å². The van der Waals surface area contributed by atoms with Gasteiger partial charge in [-0.3, -0.25) is 9.69 Å². The maximum absolute atomic E-state index is 13.5. The molecule has 2 aliphatic rings. The Kier molecular flexibility index (Phi) is 6.29. The second-order valence-corrected chi connectivity index (χ2v) is 11.2. The summed E-state index contributed by atoms with van der Waals surface area (Å²) in [6.45, 7) is 1.96. The van der Waals surface area contributed by atoms with Crippen molar-refractivity contribution in [1.29, 1.82) is 0 Å². The van der Waals surface area contributed by atoms with Gasteiger partial charge in [-0.15, -0.1) is 11.3 Å². The maximum atomic E-state index is 13.5. The molecule has 0 radical (unpaired) electrons. The third-order valence-corrected chi connectivity index (χ3v) is 8.58. The van der Waals surface area contributed by atoms with Crippen molar-refractivity contribution in [2.75, 3.05) is 24.3 Å². The molecule has 38 heavy (non-hydrogen) atoms. The Morgan fingerprint density at radius 1 is 1.03 bits per heavy atom. The second-order valence-electron chi connectivity index (χ2n) is 10.1. The standard InChI is InChI=1S/C30H30N4O3S/c1-18-17-20(37-19-9-5-4-6-10-19)15-16-22(18)34-24-13-8-14-25-26(24)27(32-30(34)36)28(38-25)29(35)31-21-11-7-12-23(21)33(2)3/h4-6,8-10,13-17,21,23H,7,11-12H2,1-3H3,(H,31,35)(H,32,36)/t21-,23+/m1/s1. The first-order valence-corrected chi connectivity index (χ1v) is 13.7. The van der Waals surface area contributed by atoms with Crippen LogP contribution in [0.5, 0.6) is 11.5 Å². The quantitative estimate of drug-likeness (QED) is 0.287. The first kappa shape index (κ1) is 24.5. The fourth-order valence-electron chi connectivity index (χ4n) is 5.64. The number of thiophene rings is 1. The molecule has 3 amide bonds. The van der Waals surface area contributed by atoms with Gasteiger partial charge in [-0.05, 0) is 88.3 Å². The highest BCUT2D eigenvalue weighted by Crippen LogP contribution is 2.47. The average molecular weight is 527 g/mol. The highest BCUT2D eigenvalue weighted by molar-refractivity contribution is 7.21. The Labute approximate surface area is 226 Å². The van der Waals surface area contributed by atoms with E-state index < -0.39 is 0 Å². The van der Waals surface area contributed by atoms with Crippen LogP contribution in [0.2, 0.25) is 0 Å². The largest absolute Gasteiger partial charge is 0.457 e. The van der Waals surface area contributed by atoms with Crippen molar-refractivity contribution in [2.45, 2.75) is 38.3 Å². The SMILES string of the molecule is Cc1cc(Oc2ccccc2)ccc1N1C(=O)Nc2c(C(=O)N[C@@H]3CCC[C@@H]3N(C)C)sc3cccc1c23. The van der Waals surface area contributed by atoms with Gasteiger partial charge in [0.1, 0.15) is 16.4 Å². The van der Waals surface area contributed by atoms with E-state index in [2.05, 4.69) is 29.6 Å². The van der Waals surface area contributed by atoms with Gasteiger partial charge in [-0.2, -0.15) is 0 Å². The molecule has 1 aliphatic carbocycles. The normalized spacial score (nSPS) is 18.6. The number of nitrogens with zero attached hydrogens (tertiary/aromatic N) is 2. The van der Waals surface area contributed by atoms with Crippen LogP contribution in [0, 0.1) is 6.92 Å². The zero-order valence-corrected chi connectivity index (χ0v) is 22.5. The first-order valence-electron chi connectivity index (χ1n) is 12.9. The van der Waals surface area contributed by atoms with E-state index >= 15 is 0 Å². The summed E-state index contributed by atoms with van der Waals surface area (Å²) in [4.78, 5) is 31.4. The molecule has 2 atom stereocenters. The Morgan fingerprint density at radius 2 is 1.84 bits per heavy atom. The summed E-state index contributed by atoms with van der Waals surface area (Å²) in [7, 11) is 4.11. The molecule has 3 aromatic carbocycles. The maximum Gasteiger partial charge on any atom is 0.331 e. The van der Waals surface area contributed by atoms with E-state index in [4.69, 9.17) is 4.74 Å². The van der Waals surface area contributed by atoms with Crippen molar-refractivity contribution >= 4 is 50.4 Å². The summed E-state index contributed by atoms with van der Waals surface area (Å²) in [5.74, 6) is 1.33. The summed E-state index contributed by atoms with van der Waals surface area (Å²) >= 11 is 1.42. The monoisotopic (exact) mass is 526 g/mol. The zero-order valence-electron chi connectivity index (χ0n) is 21.7. The summed E-state index contributed by atoms with van der Waals surface area (Å²) in [5.41, 5.74) is 3.03. The Morgan fingerprint density at radius 3 is 2.61 bits per heavy atom. The van der Waals surface area contributed by atoms with Crippen LogP contribution in [0.25, 0.3) is 10.1 Å². The molecule has 194 valence electrons. The molecular formula is C30H30N4O3S. The molecule has 8 heteroatoms. The Bertz CT molecular complexity index is 1530. The third-order valence-electron chi connectivity index (χ3n) is 7.42. The van der Waals surface area contributed by atoms with Crippen LogP contribution >= 0.6 is 11.3 Å². The molecule has 0 saturated heterocycles. The molecule has 1 aromatic heterocycles. The molecule has 2 N–H and O–H groups in total. The first-order chi connectivity index (χ1) is 18.4. The van der Waals surface area contributed by atoms with E-state index in [-0.39, 0.29) is 18.0 Å². The molecule has 4 aromatic rings. The van der Waals surface area contributed by atoms with E-state index in [1.54, 1.807) is 4.90 Å². The van der Waals surface area contributed by atoms with Crippen molar-refractivity contribution in [2.24, 2.45) is 0 Å². The smallest absolute Gasteiger partial charge is 0.331 e. The minimum Gasteiger partial charge on any atom is -0.457 e. The predicted molar refractivity (Wildman–Crippen MR) is 153 cm³/mol. The van der Waals surface area contributed by atoms with E-state index in [1.165, 1.54) is 11.3 Å². The lowest BCUT2D eigenvalue weighted by Crippen LogP contribution is -2.46. The summed E-state index contributed by atoms with van der Waals surface area (Å²) < 4.78 is 6.95. The second kappa shape index (κ2) is 9.78. The third kappa shape index (κ3) is 4.29. The fourth-order valence-corrected chi connectivity index (χ4v) is 6.72. The number of hydrogen-bond donors (Lipinski definition) is 2. The number of hydrogen-bond acceptors (Lipinski definition) is 5. The number of ether oxygens (including phenoxy) is 1. The summed E-state index contributed by atoms with van der Waals surface area (Å²) in [5, 5.41) is 7.18. The number of aryl methyl sites for hydroxylation is 1. The summed E-state index contributed by atoms with van der Waals surface area (Å²) in [6.07, 6.45) is 3.13. The Hall–Kier alpha value is -3.88. The number of urea groups is 1. The van der Waals surface area contributed by atoms with E-state index in [0.29, 0.717) is 22.4 Å². The highest BCUT2D eigenvalue weighted by Gasteiger charge is 2.35. The van der Waals surface area contributed by atoms with Gasteiger partial charge in [0.25, 0.3) is 5.91 Å². The van der Waals surface area contributed by atoms with Gasteiger partial charge in [0.05, 0.1) is 17.1 Å². The number of anilines is 3. The lowest BCUT2D eigenvalue weighted by molar-refractivity contribution is 0.0924. The minimum absolute atomic E-state index is 0.101. The van der Waals surface area contributed by atoms with Gasteiger partial charge in [-0.25, -0.2) is 4.79 Å². The van der Waals surface area contributed by atoms with Crippen LogP contribution in [0.4, 0.5) is 21.9 Å². The van der Waals surface area contributed by atoms with Crippen LogP contribution in [0.15, 0.2) is 66.7 Å². The number of carbonyl (C=O) groups is 2. The highest BCUT2D eigenvalue weighted by atomic mass is 32.1. The van der Waals surface area contributed by atoms with E-state index in [9.17, 15) is 9.59 Å². The molecule has 2 heterocycles. The zero-order chi connectivity index (χ0) is 26.4. The molecule has 0 spiro atoms. The van der Waals surface area contributed by atoms with Crippen molar-refractivity contribution in [3.05, 3.63) is 77.2 Å². The Balaban J connectivity index is 1.33. The molecule has 1 fully saturated rings. The van der Waals surface area contributed by atoms with Crippen molar-refractivity contribution in [3.8, 4) is 11.5 Å². The van der Waals surface area contributed by atoms with Crippen LogP contribution in [0.3, 0.4) is 0 Å². The number of rotatable bonds is 6. The van der Waals surface area contributed by atoms with Gasteiger partial charge in [-0.1, -0.05) is 24.3 Å². The number of amides is 3. The number of para-hydroxylation sites is 1. The van der Waals surface area contributed by atoms with Gasteiger partial charge < -0.3 is 20.3 Å². The molecule has 0 bridgehead atoms. The lowest BCUT2D eigenvalue weighted by atomic mass is 10.1. The van der Waals surface area contributed by atoms with Gasteiger partial charge >= 0.3 is 6.03 Å². The van der Waals surface area contributed by atoms with Gasteiger partial charge in [0.2, 0.25) is 0 Å². The van der Waals surface area contributed by atoms with Gasteiger partial charge in [0.15, 0.2) is 0 Å². The number of nitrogens with one attached hydrogen (secondary N) is 2. The number of likely N-dealkylation sites (N-methyl/N-ethyl adjacent to an activating group) is 1. The number of carbonyl (C=O) groups excluding carboxylic acids is 2. The molecule has 1 aliphatic heterocycles. The minimum atomic E-state index is -0.288. The lowest BCUT2D eigenvalue weighted by Gasteiger charge is -2.30. The molecule has 6 rings (SSSR count). The van der Waals surface area contributed by atoms with Crippen LogP contribution in [-0.4, -0.2) is 43.0 Å².